The van der Waals surface area contributed by atoms with Crippen molar-refractivity contribution >= 4 is 17.4 Å². The third kappa shape index (κ3) is 3.61. The van der Waals surface area contributed by atoms with Crippen molar-refractivity contribution in [3.05, 3.63) is 28.8 Å². The number of rotatable bonds is 6. The van der Waals surface area contributed by atoms with Gasteiger partial charge in [0, 0.05) is 5.56 Å². The van der Waals surface area contributed by atoms with Crippen LogP contribution in [-0.4, -0.2) is 19.2 Å². The Labute approximate surface area is 105 Å². The van der Waals surface area contributed by atoms with E-state index < -0.39 is 0 Å². The van der Waals surface area contributed by atoms with Crippen LogP contribution < -0.4 is 10.5 Å². The van der Waals surface area contributed by atoms with E-state index in [1.54, 1.807) is 18.2 Å². The molecule has 0 spiro atoms. The lowest BCUT2D eigenvalue weighted by atomic mass is 10.2. The van der Waals surface area contributed by atoms with Gasteiger partial charge in [-0.1, -0.05) is 11.6 Å². The summed E-state index contributed by atoms with van der Waals surface area (Å²) < 4.78 is 10.7. The molecule has 0 amide bonds. The van der Waals surface area contributed by atoms with Crippen LogP contribution in [0.15, 0.2) is 18.2 Å². The van der Waals surface area contributed by atoms with E-state index in [9.17, 15) is 0 Å². The quantitative estimate of drug-likeness (QED) is 0.354. The topological polar surface area (TPSA) is 68.3 Å². The first kappa shape index (κ1) is 12.2. The van der Waals surface area contributed by atoms with Crippen LogP contribution in [0.1, 0.15) is 18.4 Å². The van der Waals surface area contributed by atoms with Crippen molar-refractivity contribution in [2.45, 2.75) is 12.8 Å². The Bertz CT molecular complexity index is 419. The van der Waals surface area contributed by atoms with Crippen molar-refractivity contribution in [1.29, 1.82) is 5.41 Å². The number of amidine groups is 1. The predicted molar refractivity (Wildman–Crippen MR) is 66.6 cm³/mol. The number of benzene rings is 1. The molecule has 1 fully saturated rings. The molecule has 0 saturated heterocycles. The Hall–Kier alpha value is -1.26. The highest BCUT2D eigenvalue weighted by molar-refractivity contribution is 6.32. The minimum atomic E-state index is -0.0107. The second kappa shape index (κ2) is 5.38. The Balaban J connectivity index is 1.84. The molecule has 92 valence electrons. The molecule has 2 rings (SSSR count). The molecule has 1 saturated carbocycles. The summed E-state index contributed by atoms with van der Waals surface area (Å²) in [5.41, 5.74) is 5.94. The minimum Gasteiger partial charge on any atom is -0.466 e. The van der Waals surface area contributed by atoms with Gasteiger partial charge in [-0.2, -0.15) is 0 Å². The first-order valence-electron chi connectivity index (χ1n) is 5.51. The summed E-state index contributed by atoms with van der Waals surface area (Å²) in [6, 6.07) is 5.00. The molecule has 5 heteroatoms. The molecule has 3 N–H and O–H groups in total. The van der Waals surface area contributed by atoms with Crippen LogP contribution in [0.4, 0.5) is 0 Å². The van der Waals surface area contributed by atoms with Gasteiger partial charge in [0.05, 0.1) is 11.6 Å². The highest BCUT2D eigenvalue weighted by atomic mass is 35.5. The van der Waals surface area contributed by atoms with Crippen molar-refractivity contribution in [2.75, 3.05) is 13.4 Å². The maximum Gasteiger partial charge on any atom is 0.189 e. The lowest BCUT2D eigenvalue weighted by Crippen LogP contribution is -2.11. The van der Waals surface area contributed by atoms with E-state index >= 15 is 0 Å². The molecular formula is C12H15ClN2O2. The van der Waals surface area contributed by atoms with E-state index in [-0.39, 0.29) is 12.6 Å². The van der Waals surface area contributed by atoms with Gasteiger partial charge in [0.25, 0.3) is 0 Å². The summed E-state index contributed by atoms with van der Waals surface area (Å²) in [6.07, 6.45) is 2.52. The fraction of sp³-hybridized carbons (Fsp3) is 0.417. The van der Waals surface area contributed by atoms with Crippen LogP contribution in [0.2, 0.25) is 5.02 Å². The zero-order valence-electron chi connectivity index (χ0n) is 9.41. The zero-order valence-corrected chi connectivity index (χ0v) is 10.2. The zero-order chi connectivity index (χ0) is 12.3. The van der Waals surface area contributed by atoms with E-state index in [1.165, 1.54) is 12.8 Å². The molecule has 0 bridgehead atoms. The molecule has 1 aliphatic carbocycles. The standard InChI is InChI=1S/C12H15ClN2O2/c13-10-5-9(12(14)15)3-4-11(10)17-7-16-6-8-1-2-8/h3-5,8H,1-2,6-7H2,(H3,14,15). The number of nitrogen functional groups attached to an aromatic ring is 1. The van der Waals surface area contributed by atoms with Crippen molar-refractivity contribution in [3.63, 3.8) is 0 Å². The number of ether oxygens (including phenoxy) is 2. The number of nitrogens with two attached hydrogens (primary N) is 1. The van der Waals surface area contributed by atoms with E-state index in [4.69, 9.17) is 32.2 Å². The number of hydrogen-bond donors (Lipinski definition) is 2. The minimum absolute atomic E-state index is 0.0107. The fourth-order valence-corrected chi connectivity index (χ4v) is 1.62. The smallest absolute Gasteiger partial charge is 0.189 e. The van der Waals surface area contributed by atoms with Crippen LogP contribution in [-0.2, 0) is 4.74 Å². The maximum atomic E-state index is 7.28. The van der Waals surface area contributed by atoms with Gasteiger partial charge in [-0.3, -0.25) is 5.41 Å². The highest BCUT2D eigenvalue weighted by Gasteiger charge is 2.21. The number of nitrogens with one attached hydrogen (secondary N) is 1. The molecule has 0 aliphatic heterocycles. The van der Waals surface area contributed by atoms with Crippen molar-refractivity contribution in [1.82, 2.24) is 0 Å². The molecule has 1 aromatic carbocycles. The summed E-state index contributed by atoms with van der Waals surface area (Å²) in [7, 11) is 0. The van der Waals surface area contributed by atoms with Gasteiger partial charge in [-0.25, -0.2) is 0 Å². The second-order valence-electron chi connectivity index (χ2n) is 4.14. The van der Waals surface area contributed by atoms with E-state index in [2.05, 4.69) is 0 Å². The Morgan fingerprint density at radius 1 is 1.47 bits per heavy atom. The fourth-order valence-electron chi connectivity index (χ4n) is 1.39. The van der Waals surface area contributed by atoms with Gasteiger partial charge in [-0.15, -0.1) is 0 Å². The molecule has 0 unspecified atom stereocenters. The van der Waals surface area contributed by atoms with E-state index in [1.807, 2.05) is 0 Å². The molecule has 1 aliphatic rings. The SMILES string of the molecule is N=C(N)c1ccc(OCOCC2CC2)c(Cl)c1. The van der Waals surface area contributed by atoms with Gasteiger partial charge < -0.3 is 15.2 Å². The summed E-state index contributed by atoms with van der Waals surface area (Å²) in [5.74, 6) is 1.25. The van der Waals surface area contributed by atoms with Crippen molar-refractivity contribution < 1.29 is 9.47 Å². The largest absolute Gasteiger partial charge is 0.466 e. The third-order valence-electron chi connectivity index (χ3n) is 2.59. The average Bonchev–Trinajstić information content (AvgIpc) is 3.09. The van der Waals surface area contributed by atoms with Gasteiger partial charge in [0.2, 0.25) is 0 Å². The molecule has 0 atom stereocenters. The van der Waals surface area contributed by atoms with Crippen molar-refractivity contribution in [2.24, 2.45) is 11.7 Å². The second-order valence-corrected chi connectivity index (χ2v) is 4.54. The van der Waals surface area contributed by atoms with Gasteiger partial charge in [0.15, 0.2) is 6.79 Å². The molecule has 0 radical (unpaired) electrons. The van der Waals surface area contributed by atoms with Crippen LogP contribution in [0.3, 0.4) is 0 Å². The lowest BCUT2D eigenvalue weighted by Gasteiger charge is -2.09. The predicted octanol–water partition coefficient (Wildman–Crippen LogP) is 2.39. The van der Waals surface area contributed by atoms with Crippen LogP contribution in [0.5, 0.6) is 5.75 Å². The average molecular weight is 255 g/mol. The first-order chi connectivity index (χ1) is 8.16. The van der Waals surface area contributed by atoms with Gasteiger partial charge in [0.1, 0.15) is 11.6 Å². The Kier molecular flexibility index (Phi) is 3.86. The normalized spacial score (nSPS) is 14.6. The summed E-state index contributed by atoms with van der Waals surface area (Å²) in [5, 5.41) is 7.72. The number of hydrogen-bond acceptors (Lipinski definition) is 3. The first-order valence-corrected chi connectivity index (χ1v) is 5.89. The Morgan fingerprint density at radius 2 is 2.24 bits per heavy atom. The van der Waals surface area contributed by atoms with Crippen LogP contribution in [0, 0.1) is 11.3 Å². The maximum absolute atomic E-state index is 7.28. The third-order valence-corrected chi connectivity index (χ3v) is 2.89. The molecule has 17 heavy (non-hydrogen) atoms. The Morgan fingerprint density at radius 3 is 2.82 bits per heavy atom. The summed E-state index contributed by atoms with van der Waals surface area (Å²) in [4.78, 5) is 0. The highest BCUT2D eigenvalue weighted by Crippen LogP contribution is 2.29. The molecule has 0 aromatic heterocycles. The summed E-state index contributed by atoms with van der Waals surface area (Å²) >= 11 is 5.99. The van der Waals surface area contributed by atoms with E-state index in [0.717, 1.165) is 6.61 Å². The van der Waals surface area contributed by atoms with Crippen molar-refractivity contribution in [3.8, 4) is 5.75 Å². The monoisotopic (exact) mass is 254 g/mol. The number of halogens is 1. The van der Waals surface area contributed by atoms with Crippen LogP contribution >= 0.6 is 11.6 Å². The van der Waals surface area contributed by atoms with Gasteiger partial charge >= 0.3 is 0 Å². The molecular weight excluding hydrogens is 240 g/mol. The summed E-state index contributed by atoms with van der Waals surface area (Å²) in [6.45, 7) is 0.957. The van der Waals surface area contributed by atoms with E-state index in [0.29, 0.717) is 22.3 Å². The van der Waals surface area contributed by atoms with Crippen LogP contribution in [0.25, 0.3) is 0 Å². The molecule has 1 aromatic rings. The molecule has 0 heterocycles. The molecule has 4 nitrogen and oxygen atoms in total. The lowest BCUT2D eigenvalue weighted by molar-refractivity contribution is 0.0100. The van der Waals surface area contributed by atoms with Gasteiger partial charge in [-0.05, 0) is 37.0 Å².